The van der Waals surface area contributed by atoms with E-state index < -0.39 is 0 Å². The van der Waals surface area contributed by atoms with Gasteiger partial charge in [0.15, 0.2) is 0 Å². The molecule has 2 fully saturated rings. The van der Waals surface area contributed by atoms with E-state index in [9.17, 15) is 0 Å². The predicted molar refractivity (Wildman–Crippen MR) is 104 cm³/mol. The average Bonchev–Trinajstić information content (AvgIpc) is 2.61. The summed E-state index contributed by atoms with van der Waals surface area (Å²) in [6.07, 6.45) is 7.55. The maximum atomic E-state index is 6.21. The van der Waals surface area contributed by atoms with Gasteiger partial charge in [-0.05, 0) is 78.5 Å². The van der Waals surface area contributed by atoms with Crippen molar-refractivity contribution in [2.45, 2.75) is 76.9 Å². The maximum absolute atomic E-state index is 6.21. The quantitative estimate of drug-likeness (QED) is 0.873. The number of nitrogens with two attached hydrogens (primary N) is 2. The van der Waals surface area contributed by atoms with Crippen molar-refractivity contribution in [2.24, 2.45) is 0 Å². The largest absolute Gasteiger partial charge is 0.397 e. The van der Waals surface area contributed by atoms with E-state index in [0.717, 1.165) is 43.9 Å². The molecule has 4 N–H and O–H groups in total. The molecule has 0 unspecified atom stereocenters. The highest BCUT2D eigenvalue weighted by Crippen LogP contribution is 2.40. The summed E-state index contributed by atoms with van der Waals surface area (Å²) in [5, 5.41) is 0. The fraction of sp³-hybridized carbons (Fsp3) is 0.750. The van der Waals surface area contributed by atoms with Gasteiger partial charge < -0.3 is 16.2 Å². The lowest BCUT2D eigenvalue weighted by Crippen LogP contribution is -2.52. The van der Waals surface area contributed by atoms with E-state index in [1.54, 1.807) is 0 Å². The molecule has 1 saturated heterocycles. The van der Waals surface area contributed by atoms with Crippen LogP contribution in [0.1, 0.15) is 69.7 Å². The number of aryl methyl sites for hydroxylation is 1. The lowest BCUT2D eigenvalue weighted by molar-refractivity contribution is -0.0251. The Morgan fingerprint density at radius 2 is 1.84 bits per heavy atom. The number of nitrogens with zero attached hydrogens (tertiary/aromatic N) is 2. The Balaban J connectivity index is 1.61. The Hall–Kier alpha value is -1.33. The number of hydrogen-bond donors (Lipinski definition) is 2. The number of ether oxygens (including phenoxy) is 1. The van der Waals surface area contributed by atoms with Crippen LogP contribution in [-0.4, -0.2) is 41.2 Å². The monoisotopic (exact) mass is 346 g/mol. The van der Waals surface area contributed by atoms with E-state index in [1.165, 1.54) is 25.7 Å². The molecule has 1 aliphatic heterocycles. The first-order chi connectivity index (χ1) is 11.9. The third-order valence-corrected chi connectivity index (χ3v) is 6.31. The van der Waals surface area contributed by atoms with Gasteiger partial charge in [-0.2, -0.15) is 0 Å². The summed E-state index contributed by atoms with van der Waals surface area (Å²) in [6.45, 7) is 9.60. The molecule has 1 aromatic heterocycles. The fourth-order valence-corrected chi connectivity index (χ4v) is 4.67. The fourth-order valence-electron chi connectivity index (χ4n) is 4.67. The van der Waals surface area contributed by atoms with Crippen LogP contribution in [0, 0.1) is 6.92 Å². The Morgan fingerprint density at radius 1 is 1.20 bits per heavy atom. The van der Waals surface area contributed by atoms with Gasteiger partial charge in [0.2, 0.25) is 0 Å². The Bertz CT molecular complexity index is 588. The molecule has 5 heteroatoms. The number of likely N-dealkylation sites (tertiary alicyclic amines) is 1. The molecule has 140 valence electrons. The molecule has 0 amide bonds. The predicted octanol–water partition coefficient (Wildman–Crippen LogP) is 3.47. The first-order valence-corrected chi connectivity index (χ1v) is 9.82. The standard InChI is InChI=1S/C20H34N4O/c1-4-25-16-5-9-20(3,10-6-16)24-11-7-15(8-12-24)19-18(22)17(21)13-14(2)23-19/h13,15-16H,4-12,22H2,1-3H3,(H2,21,23). The number of aromatic nitrogens is 1. The summed E-state index contributed by atoms with van der Waals surface area (Å²) in [6, 6.07) is 1.87. The van der Waals surface area contributed by atoms with Crippen molar-refractivity contribution >= 4 is 11.4 Å². The van der Waals surface area contributed by atoms with E-state index in [2.05, 4.69) is 18.7 Å². The molecule has 0 bridgehead atoms. The van der Waals surface area contributed by atoms with Crippen molar-refractivity contribution in [1.82, 2.24) is 9.88 Å². The summed E-state index contributed by atoms with van der Waals surface area (Å²) in [7, 11) is 0. The van der Waals surface area contributed by atoms with Crippen molar-refractivity contribution < 1.29 is 4.74 Å². The summed E-state index contributed by atoms with van der Waals surface area (Å²) in [5.41, 5.74) is 15.9. The van der Waals surface area contributed by atoms with Gasteiger partial charge in [-0.15, -0.1) is 0 Å². The second kappa shape index (κ2) is 7.50. The van der Waals surface area contributed by atoms with Crippen LogP contribution in [0.15, 0.2) is 6.07 Å². The van der Waals surface area contributed by atoms with Crippen molar-refractivity contribution in [3.63, 3.8) is 0 Å². The summed E-state index contributed by atoms with van der Waals surface area (Å²) in [4.78, 5) is 7.40. The van der Waals surface area contributed by atoms with Crippen LogP contribution in [0.5, 0.6) is 0 Å². The molecule has 1 aromatic rings. The SMILES string of the molecule is CCOC1CCC(C)(N2CCC(c3nc(C)cc(N)c3N)CC2)CC1. The minimum absolute atomic E-state index is 0.323. The zero-order valence-electron chi connectivity index (χ0n) is 16.1. The number of piperidine rings is 1. The lowest BCUT2D eigenvalue weighted by Gasteiger charge is -2.48. The smallest absolute Gasteiger partial charge is 0.0770 e. The highest BCUT2D eigenvalue weighted by atomic mass is 16.5. The molecule has 2 heterocycles. The molecule has 3 rings (SSSR count). The molecule has 0 radical (unpaired) electrons. The van der Waals surface area contributed by atoms with Crippen LogP contribution in [0.2, 0.25) is 0 Å². The second-order valence-electron chi connectivity index (χ2n) is 8.06. The summed E-state index contributed by atoms with van der Waals surface area (Å²) in [5.74, 6) is 0.432. The molecule has 1 aliphatic carbocycles. The molecule has 0 spiro atoms. The van der Waals surface area contributed by atoms with Crippen LogP contribution in [-0.2, 0) is 4.74 Å². The van der Waals surface area contributed by atoms with E-state index >= 15 is 0 Å². The Morgan fingerprint density at radius 3 is 2.44 bits per heavy atom. The minimum Gasteiger partial charge on any atom is -0.397 e. The van der Waals surface area contributed by atoms with Gasteiger partial charge in [-0.1, -0.05) is 0 Å². The summed E-state index contributed by atoms with van der Waals surface area (Å²) >= 11 is 0. The molecule has 25 heavy (non-hydrogen) atoms. The van der Waals surface area contributed by atoms with E-state index in [-0.39, 0.29) is 0 Å². The number of nitrogen functional groups attached to an aromatic ring is 2. The van der Waals surface area contributed by atoms with Crippen molar-refractivity contribution in [3.05, 3.63) is 17.5 Å². The summed E-state index contributed by atoms with van der Waals surface area (Å²) < 4.78 is 5.82. The molecular formula is C20H34N4O. The van der Waals surface area contributed by atoms with Gasteiger partial charge in [0.05, 0.1) is 23.2 Å². The minimum atomic E-state index is 0.323. The van der Waals surface area contributed by atoms with Crippen LogP contribution < -0.4 is 11.5 Å². The van der Waals surface area contributed by atoms with Gasteiger partial charge in [0.25, 0.3) is 0 Å². The second-order valence-corrected chi connectivity index (χ2v) is 8.06. The highest BCUT2D eigenvalue weighted by Gasteiger charge is 2.38. The van der Waals surface area contributed by atoms with Gasteiger partial charge in [-0.25, -0.2) is 0 Å². The van der Waals surface area contributed by atoms with Crippen LogP contribution in [0.25, 0.3) is 0 Å². The number of hydrogen-bond acceptors (Lipinski definition) is 5. The normalized spacial score (nSPS) is 29.0. The van der Waals surface area contributed by atoms with Gasteiger partial charge in [0.1, 0.15) is 0 Å². The van der Waals surface area contributed by atoms with Gasteiger partial charge in [0, 0.05) is 23.8 Å². The average molecular weight is 347 g/mol. The van der Waals surface area contributed by atoms with Crippen LogP contribution in [0.3, 0.4) is 0 Å². The molecule has 0 aromatic carbocycles. The third-order valence-electron chi connectivity index (χ3n) is 6.31. The maximum Gasteiger partial charge on any atom is 0.0770 e. The molecular weight excluding hydrogens is 312 g/mol. The van der Waals surface area contributed by atoms with E-state index in [1.807, 2.05) is 13.0 Å². The third kappa shape index (κ3) is 3.93. The zero-order chi connectivity index (χ0) is 18.0. The first-order valence-electron chi connectivity index (χ1n) is 9.82. The van der Waals surface area contributed by atoms with Crippen LogP contribution >= 0.6 is 0 Å². The highest BCUT2D eigenvalue weighted by molar-refractivity contribution is 5.66. The molecule has 0 atom stereocenters. The Labute approximate surface area is 152 Å². The van der Waals surface area contributed by atoms with Gasteiger partial charge >= 0.3 is 0 Å². The molecule has 2 aliphatic rings. The van der Waals surface area contributed by atoms with Crippen molar-refractivity contribution in [1.29, 1.82) is 0 Å². The number of pyridine rings is 1. The van der Waals surface area contributed by atoms with Gasteiger partial charge in [-0.3, -0.25) is 9.88 Å². The zero-order valence-corrected chi connectivity index (χ0v) is 16.1. The van der Waals surface area contributed by atoms with E-state index in [0.29, 0.717) is 28.9 Å². The number of anilines is 2. The lowest BCUT2D eigenvalue weighted by atomic mass is 9.78. The van der Waals surface area contributed by atoms with E-state index in [4.69, 9.17) is 21.2 Å². The first kappa shape index (κ1) is 18.5. The molecule has 1 saturated carbocycles. The number of rotatable bonds is 4. The molecule has 5 nitrogen and oxygen atoms in total. The van der Waals surface area contributed by atoms with Crippen molar-refractivity contribution in [3.8, 4) is 0 Å². The van der Waals surface area contributed by atoms with Crippen LogP contribution in [0.4, 0.5) is 11.4 Å². The topological polar surface area (TPSA) is 77.4 Å². The van der Waals surface area contributed by atoms with Crippen molar-refractivity contribution in [2.75, 3.05) is 31.2 Å². The Kier molecular flexibility index (Phi) is 5.54.